The largest absolute Gasteiger partial charge is 0.358 e. The molecule has 0 aliphatic rings. The van der Waals surface area contributed by atoms with Gasteiger partial charge in [-0.2, -0.15) is 0 Å². The van der Waals surface area contributed by atoms with E-state index >= 15 is 0 Å². The standard InChI is InChI=1S/C15H16N4/c1-10-14(11-5-2-3-6-13(11)19-10)12(9-16)15-17-7-4-8-18-15/h2-8,12,19H,9,16H2,1H3. The van der Waals surface area contributed by atoms with Crippen LogP contribution in [0.25, 0.3) is 10.9 Å². The molecule has 2 heterocycles. The lowest BCUT2D eigenvalue weighted by molar-refractivity contribution is 0.749. The quantitative estimate of drug-likeness (QED) is 0.752. The number of fused-ring (bicyclic) bond motifs is 1. The van der Waals surface area contributed by atoms with E-state index in [1.54, 1.807) is 12.4 Å². The van der Waals surface area contributed by atoms with Crippen LogP contribution in [0, 0.1) is 6.92 Å². The van der Waals surface area contributed by atoms with Gasteiger partial charge in [-0.25, -0.2) is 9.97 Å². The lowest BCUT2D eigenvalue weighted by Gasteiger charge is -2.13. The van der Waals surface area contributed by atoms with Gasteiger partial charge in [0.2, 0.25) is 0 Å². The fourth-order valence-electron chi connectivity index (χ4n) is 2.59. The van der Waals surface area contributed by atoms with Crippen LogP contribution < -0.4 is 5.73 Å². The molecule has 4 nitrogen and oxygen atoms in total. The molecule has 1 atom stereocenters. The zero-order valence-electron chi connectivity index (χ0n) is 10.8. The Hall–Kier alpha value is -2.20. The highest BCUT2D eigenvalue weighted by Gasteiger charge is 2.21. The Balaban J connectivity index is 2.19. The molecule has 3 N–H and O–H groups in total. The monoisotopic (exact) mass is 252 g/mol. The zero-order valence-corrected chi connectivity index (χ0v) is 10.8. The molecule has 4 heteroatoms. The van der Waals surface area contributed by atoms with Gasteiger partial charge in [-0.15, -0.1) is 0 Å². The first-order valence-corrected chi connectivity index (χ1v) is 6.35. The van der Waals surface area contributed by atoms with E-state index in [1.165, 1.54) is 10.9 Å². The Morgan fingerprint density at radius 1 is 1.16 bits per heavy atom. The summed E-state index contributed by atoms with van der Waals surface area (Å²) in [6.07, 6.45) is 3.52. The Morgan fingerprint density at radius 2 is 1.89 bits per heavy atom. The average molecular weight is 252 g/mol. The number of rotatable bonds is 3. The van der Waals surface area contributed by atoms with E-state index in [0.717, 1.165) is 17.0 Å². The lowest BCUT2D eigenvalue weighted by atomic mass is 9.95. The first kappa shape index (κ1) is 11.9. The van der Waals surface area contributed by atoms with Gasteiger partial charge in [0.15, 0.2) is 0 Å². The molecular formula is C15H16N4. The van der Waals surface area contributed by atoms with Crippen LogP contribution in [0.1, 0.15) is 23.0 Å². The maximum atomic E-state index is 5.96. The van der Waals surface area contributed by atoms with Crippen LogP contribution in [0.15, 0.2) is 42.7 Å². The highest BCUT2D eigenvalue weighted by Crippen LogP contribution is 2.31. The van der Waals surface area contributed by atoms with E-state index in [4.69, 9.17) is 5.73 Å². The fourth-order valence-corrected chi connectivity index (χ4v) is 2.59. The molecular weight excluding hydrogens is 236 g/mol. The summed E-state index contributed by atoms with van der Waals surface area (Å²) < 4.78 is 0. The van der Waals surface area contributed by atoms with Crippen LogP contribution in [0.2, 0.25) is 0 Å². The van der Waals surface area contributed by atoms with Crippen molar-refractivity contribution in [3.63, 3.8) is 0 Å². The van der Waals surface area contributed by atoms with E-state index in [0.29, 0.717) is 6.54 Å². The maximum Gasteiger partial charge on any atom is 0.137 e. The highest BCUT2D eigenvalue weighted by atomic mass is 14.9. The van der Waals surface area contributed by atoms with Crippen LogP contribution >= 0.6 is 0 Å². The summed E-state index contributed by atoms with van der Waals surface area (Å²) in [5.41, 5.74) is 9.42. The molecule has 1 aromatic carbocycles. The van der Waals surface area contributed by atoms with Crippen molar-refractivity contribution >= 4 is 10.9 Å². The summed E-state index contributed by atoms with van der Waals surface area (Å²) in [6, 6.07) is 10.1. The van der Waals surface area contributed by atoms with Crippen molar-refractivity contribution in [3.8, 4) is 0 Å². The summed E-state index contributed by atoms with van der Waals surface area (Å²) in [4.78, 5) is 12.1. The third-order valence-corrected chi connectivity index (χ3v) is 3.42. The minimum Gasteiger partial charge on any atom is -0.358 e. The predicted octanol–water partition coefficient (Wildman–Crippen LogP) is 2.36. The van der Waals surface area contributed by atoms with Crippen molar-refractivity contribution in [1.29, 1.82) is 0 Å². The van der Waals surface area contributed by atoms with E-state index in [-0.39, 0.29) is 5.92 Å². The minimum absolute atomic E-state index is 0.0253. The number of aryl methyl sites for hydroxylation is 1. The van der Waals surface area contributed by atoms with Crippen molar-refractivity contribution in [1.82, 2.24) is 15.0 Å². The van der Waals surface area contributed by atoms with Gasteiger partial charge in [0, 0.05) is 35.5 Å². The molecule has 0 amide bonds. The molecule has 0 saturated carbocycles. The molecule has 3 rings (SSSR count). The average Bonchev–Trinajstić information content (AvgIpc) is 2.78. The van der Waals surface area contributed by atoms with E-state index in [2.05, 4.69) is 34.0 Å². The molecule has 0 spiro atoms. The topological polar surface area (TPSA) is 67.6 Å². The summed E-state index contributed by atoms with van der Waals surface area (Å²) in [6.45, 7) is 2.56. The number of hydrogen-bond donors (Lipinski definition) is 2. The number of para-hydroxylation sites is 1. The number of nitrogens with two attached hydrogens (primary N) is 1. The van der Waals surface area contributed by atoms with E-state index < -0.39 is 0 Å². The van der Waals surface area contributed by atoms with Gasteiger partial charge >= 0.3 is 0 Å². The normalized spacial score (nSPS) is 12.7. The maximum absolute atomic E-state index is 5.96. The molecule has 0 fully saturated rings. The van der Waals surface area contributed by atoms with Crippen LogP contribution in [0.3, 0.4) is 0 Å². The van der Waals surface area contributed by atoms with Gasteiger partial charge < -0.3 is 10.7 Å². The Bertz CT molecular complexity index is 688. The third kappa shape index (κ3) is 2.00. The van der Waals surface area contributed by atoms with Gasteiger partial charge in [-0.3, -0.25) is 0 Å². The Morgan fingerprint density at radius 3 is 2.63 bits per heavy atom. The molecule has 96 valence electrons. The molecule has 1 unspecified atom stereocenters. The van der Waals surface area contributed by atoms with Gasteiger partial charge in [-0.1, -0.05) is 18.2 Å². The van der Waals surface area contributed by atoms with E-state index in [9.17, 15) is 0 Å². The van der Waals surface area contributed by atoms with Gasteiger partial charge in [0.05, 0.1) is 5.92 Å². The van der Waals surface area contributed by atoms with Crippen molar-refractivity contribution < 1.29 is 0 Å². The van der Waals surface area contributed by atoms with Crippen molar-refractivity contribution in [2.75, 3.05) is 6.54 Å². The second-order valence-corrected chi connectivity index (χ2v) is 4.60. The number of nitrogens with zero attached hydrogens (tertiary/aromatic N) is 2. The Labute approximate surface area is 111 Å². The number of aromatic amines is 1. The van der Waals surface area contributed by atoms with Crippen LogP contribution in [0.5, 0.6) is 0 Å². The van der Waals surface area contributed by atoms with Gasteiger partial charge in [0.25, 0.3) is 0 Å². The van der Waals surface area contributed by atoms with Crippen molar-refractivity contribution in [3.05, 3.63) is 59.8 Å². The lowest BCUT2D eigenvalue weighted by Crippen LogP contribution is -2.17. The second kappa shape index (κ2) is 4.82. The zero-order chi connectivity index (χ0) is 13.2. The van der Waals surface area contributed by atoms with E-state index in [1.807, 2.05) is 18.2 Å². The number of hydrogen-bond acceptors (Lipinski definition) is 3. The number of H-pyrrole nitrogens is 1. The number of benzene rings is 1. The molecule has 2 aromatic heterocycles. The number of nitrogens with one attached hydrogen (secondary N) is 1. The number of aromatic nitrogens is 3. The molecule has 19 heavy (non-hydrogen) atoms. The van der Waals surface area contributed by atoms with Crippen LogP contribution in [0.4, 0.5) is 0 Å². The highest BCUT2D eigenvalue weighted by molar-refractivity contribution is 5.85. The van der Waals surface area contributed by atoms with Crippen LogP contribution in [-0.4, -0.2) is 21.5 Å². The van der Waals surface area contributed by atoms with Crippen molar-refractivity contribution in [2.45, 2.75) is 12.8 Å². The first-order valence-electron chi connectivity index (χ1n) is 6.35. The predicted molar refractivity (Wildman–Crippen MR) is 76.0 cm³/mol. The SMILES string of the molecule is Cc1[nH]c2ccccc2c1C(CN)c1ncccn1. The molecule has 0 bridgehead atoms. The van der Waals surface area contributed by atoms with Crippen LogP contribution in [-0.2, 0) is 0 Å². The van der Waals surface area contributed by atoms with Gasteiger partial charge in [-0.05, 0) is 24.6 Å². The molecule has 0 radical (unpaired) electrons. The van der Waals surface area contributed by atoms with Crippen molar-refractivity contribution in [2.24, 2.45) is 5.73 Å². The third-order valence-electron chi connectivity index (χ3n) is 3.42. The Kier molecular flexibility index (Phi) is 3.01. The fraction of sp³-hybridized carbons (Fsp3) is 0.200. The molecule has 3 aromatic rings. The first-order chi connectivity index (χ1) is 9.31. The second-order valence-electron chi connectivity index (χ2n) is 4.60. The summed E-state index contributed by atoms with van der Waals surface area (Å²) in [7, 11) is 0. The molecule has 0 saturated heterocycles. The summed E-state index contributed by atoms with van der Waals surface area (Å²) in [5.74, 6) is 0.801. The molecule has 0 aliphatic carbocycles. The van der Waals surface area contributed by atoms with Gasteiger partial charge in [0.1, 0.15) is 5.82 Å². The summed E-state index contributed by atoms with van der Waals surface area (Å²) >= 11 is 0. The molecule has 0 aliphatic heterocycles. The summed E-state index contributed by atoms with van der Waals surface area (Å²) in [5, 5.41) is 1.20. The minimum atomic E-state index is 0.0253. The smallest absolute Gasteiger partial charge is 0.137 e.